The summed E-state index contributed by atoms with van der Waals surface area (Å²) in [4.78, 5) is 67.7. The number of ketones is 1. The van der Waals surface area contributed by atoms with E-state index in [-0.39, 0.29) is 48.9 Å². The second-order valence-corrected chi connectivity index (χ2v) is 10.7. The number of carboxylic acid groups (broad SMARTS) is 2. The lowest BCUT2D eigenvalue weighted by Gasteiger charge is -2.06. The van der Waals surface area contributed by atoms with Crippen molar-refractivity contribution in [3.63, 3.8) is 0 Å². The van der Waals surface area contributed by atoms with Crippen LogP contribution in [0.3, 0.4) is 0 Å². The summed E-state index contributed by atoms with van der Waals surface area (Å²) in [5.74, 6) is -3.01. The number of allylic oxidation sites excluding steroid dienone is 2. The Kier molecular flexibility index (Phi) is 8.89. The van der Waals surface area contributed by atoms with Crippen molar-refractivity contribution in [2.24, 2.45) is 0 Å². The van der Waals surface area contributed by atoms with Gasteiger partial charge in [-0.2, -0.15) is 0 Å². The van der Waals surface area contributed by atoms with Gasteiger partial charge in [0.15, 0.2) is 0 Å². The van der Waals surface area contributed by atoms with Gasteiger partial charge in [-0.25, -0.2) is 0 Å². The molecule has 11 heteroatoms. The van der Waals surface area contributed by atoms with E-state index in [0.717, 1.165) is 5.56 Å². The molecule has 0 aromatic carbocycles. The number of aliphatic carboxylic acids is 2. The van der Waals surface area contributed by atoms with E-state index in [1.54, 1.807) is 45.1 Å². The second-order valence-electron chi connectivity index (χ2n) is 10.7. The number of amides is 2. The molecule has 44 heavy (non-hydrogen) atoms. The molecular formula is C33H34N4O7. The smallest absolute Gasteiger partial charge is 0.303 e. The Balaban J connectivity index is 1.81. The Morgan fingerprint density at radius 3 is 1.91 bits per heavy atom. The minimum Gasteiger partial charge on any atom is -0.481 e. The van der Waals surface area contributed by atoms with E-state index in [4.69, 9.17) is 0 Å². The monoisotopic (exact) mass is 598 g/mol. The van der Waals surface area contributed by atoms with Crippen molar-refractivity contribution in [3.8, 4) is 0 Å². The largest absolute Gasteiger partial charge is 0.481 e. The summed E-state index contributed by atoms with van der Waals surface area (Å²) in [6.45, 7) is 14.5. The predicted molar refractivity (Wildman–Crippen MR) is 165 cm³/mol. The number of hydrogen-bond acceptors (Lipinski definition) is 5. The van der Waals surface area contributed by atoms with Crippen molar-refractivity contribution in [2.45, 2.75) is 53.4 Å². The minimum absolute atomic E-state index is 0.107. The molecule has 0 unspecified atom stereocenters. The topological polar surface area (TPSA) is 181 Å². The van der Waals surface area contributed by atoms with Crippen LogP contribution in [0.25, 0.3) is 18.2 Å². The van der Waals surface area contributed by atoms with Crippen LogP contribution in [-0.4, -0.2) is 49.7 Å². The van der Waals surface area contributed by atoms with Gasteiger partial charge < -0.3 is 30.8 Å². The average molecular weight is 599 g/mol. The number of hydrogen-bond donors (Lipinski definition) is 6. The number of rotatable bonds is 12. The third kappa shape index (κ3) is 5.89. The van der Waals surface area contributed by atoms with Crippen molar-refractivity contribution in [1.82, 2.24) is 20.6 Å². The minimum atomic E-state index is -1.02. The summed E-state index contributed by atoms with van der Waals surface area (Å²) in [5.41, 5.74) is 6.94. The highest BCUT2D eigenvalue weighted by molar-refractivity contribution is 6.11. The standard InChI is InChI=1S/C33H34N4O7/c1-7-19-17(5)32(43)36-24(19)13-23-15(3)20(8-2)30(34-23)31(42)29-16(4)21(9-11-27(38)39)25(35-29)14-26-22(10-12-28(40)41)18(6)33(44)37-26/h7-8,13-14,34-35H,1-2,9-12H2,3-6H3,(H,36,43)(H,37,44)(H,38,39)(H,40,41)/b24-13-,26-14-. The van der Waals surface area contributed by atoms with Crippen LogP contribution in [0, 0.1) is 13.8 Å². The molecule has 0 radical (unpaired) electrons. The van der Waals surface area contributed by atoms with E-state index in [1.165, 1.54) is 0 Å². The SMILES string of the molecule is C=CC1=C(C)C(=O)N/C1=C\c1[nH]c(C(=O)c2[nH]c(/C=C3\NC(=O)C(C)=C3CCC(=O)O)c(CCC(=O)O)c2C)c(C=C)c1C. The first-order chi connectivity index (χ1) is 20.8. The van der Waals surface area contributed by atoms with Gasteiger partial charge >= 0.3 is 11.9 Å². The van der Waals surface area contributed by atoms with Crippen molar-refractivity contribution in [3.05, 3.63) is 97.9 Å². The van der Waals surface area contributed by atoms with E-state index in [0.29, 0.717) is 61.8 Å². The van der Waals surface area contributed by atoms with Gasteiger partial charge in [-0.05, 0) is 75.0 Å². The van der Waals surface area contributed by atoms with Crippen molar-refractivity contribution < 1.29 is 34.2 Å². The summed E-state index contributed by atoms with van der Waals surface area (Å²) in [6.07, 6.45) is 6.35. The number of carbonyl (C=O) groups is 5. The maximum atomic E-state index is 14.1. The molecule has 0 spiro atoms. The van der Waals surface area contributed by atoms with Crippen LogP contribution in [0.5, 0.6) is 0 Å². The summed E-state index contributed by atoms with van der Waals surface area (Å²) < 4.78 is 0. The van der Waals surface area contributed by atoms with Gasteiger partial charge in [0, 0.05) is 52.2 Å². The average Bonchev–Trinajstić information content (AvgIpc) is 3.63. The van der Waals surface area contributed by atoms with Gasteiger partial charge in [0.25, 0.3) is 11.8 Å². The molecule has 0 saturated carbocycles. The number of H-pyrrole nitrogens is 2. The third-order valence-electron chi connectivity index (χ3n) is 8.02. The molecule has 2 aliphatic heterocycles. The number of aromatic amines is 2. The van der Waals surface area contributed by atoms with Gasteiger partial charge in [-0.1, -0.05) is 25.3 Å². The quantitative estimate of drug-likeness (QED) is 0.195. The molecule has 2 aliphatic rings. The van der Waals surface area contributed by atoms with Gasteiger partial charge in [0.05, 0.1) is 17.1 Å². The highest BCUT2D eigenvalue weighted by Crippen LogP contribution is 2.32. The van der Waals surface area contributed by atoms with Crippen LogP contribution in [0.2, 0.25) is 0 Å². The molecule has 4 heterocycles. The van der Waals surface area contributed by atoms with E-state index in [1.807, 2.05) is 6.92 Å². The Morgan fingerprint density at radius 2 is 1.30 bits per heavy atom. The highest BCUT2D eigenvalue weighted by atomic mass is 16.4. The maximum absolute atomic E-state index is 14.1. The molecule has 228 valence electrons. The van der Waals surface area contributed by atoms with E-state index in [9.17, 15) is 34.2 Å². The van der Waals surface area contributed by atoms with Crippen LogP contribution in [0.15, 0.2) is 52.9 Å². The van der Waals surface area contributed by atoms with Crippen molar-refractivity contribution >= 4 is 47.8 Å². The Labute approximate surface area is 253 Å². The summed E-state index contributed by atoms with van der Waals surface area (Å²) in [5, 5.41) is 24.1. The lowest BCUT2D eigenvalue weighted by atomic mass is 9.99. The first kappa shape index (κ1) is 31.5. The van der Waals surface area contributed by atoms with Gasteiger partial charge in [0.2, 0.25) is 5.78 Å². The zero-order valence-corrected chi connectivity index (χ0v) is 25.0. The summed E-state index contributed by atoms with van der Waals surface area (Å²) >= 11 is 0. The molecule has 2 aromatic rings. The van der Waals surface area contributed by atoms with Crippen molar-refractivity contribution in [1.29, 1.82) is 0 Å². The molecule has 0 aliphatic carbocycles. The second kappa shape index (κ2) is 12.4. The molecule has 2 amide bonds. The summed E-state index contributed by atoms with van der Waals surface area (Å²) in [6, 6.07) is 0. The van der Waals surface area contributed by atoms with Crippen LogP contribution in [0.1, 0.15) is 82.9 Å². The molecule has 0 bridgehead atoms. The maximum Gasteiger partial charge on any atom is 0.303 e. The van der Waals surface area contributed by atoms with Gasteiger partial charge in [-0.3, -0.25) is 24.0 Å². The molecule has 6 N–H and O–H groups in total. The fourth-order valence-electron chi connectivity index (χ4n) is 5.47. The molecule has 0 atom stereocenters. The molecule has 2 aromatic heterocycles. The van der Waals surface area contributed by atoms with Crippen LogP contribution < -0.4 is 10.6 Å². The molecular weight excluding hydrogens is 564 g/mol. The van der Waals surface area contributed by atoms with Crippen LogP contribution in [-0.2, 0) is 25.6 Å². The van der Waals surface area contributed by atoms with Crippen LogP contribution in [0.4, 0.5) is 0 Å². The normalized spacial score (nSPS) is 16.6. The van der Waals surface area contributed by atoms with Crippen molar-refractivity contribution in [2.75, 3.05) is 0 Å². The van der Waals surface area contributed by atoms with Gasteiger partial charge in [0.1, 0.15) is 0 Å². The van der Waals surface area contributed by atoms with Crippen LogP contribution >= 0.6 is 0 Å². The zero-order chi connectivity index (χ0) is 32.5. The predicted octanol–water partition coefficient (Wildman–Crippen LogP) is 4.48. The lowest BCUT2D eigenvalue weighted by molar-refractivity contribution is -0.138. The summed E-state index contributed by atoms with van der Waals surface area (Å²) in [7, 11) is 0. The number of carbonyl (C=O) groups excluding carboxylic acids is 3. The number of carboxylic acids is 2. The molecule has 4 rings (SSSR count). The zero-order valence-electron chi connectivity index (χ0n) is 25.0. The first-order valence-corrected chi connectivity index (χ1v) is 13.9. The lowest BCUT2D eigenvalue weighted by Crippen LogP contribution is -2.15. The first-order valence-electron chi connectivity index (χ1n) is 13.9. The molecule has 11 nitrogen and oxygen atoms in total. The fourth-order valence-corrected chi connectivity index (χ4v) is 5.47. The van der Waals surface area contributed by atoms with Gasteiger partial charge in [-0.15, -0.1) is 0 Å². The third-order valence-corrected chi connectivity index (χ3v) is 8.02. The van der Waals surface area contributed by atoms with E-state index >= 15 is 0 Å². The number of aromatic nitrogens is 2. The Hall–Kier alpha value is -5.45. The number of nitrogens with one attached hydrogen (secondary N) is 4. The van der Waals surface area contributed by atoms with E-state index < -0.39 is 17.7 Å². The molecule has 0 saturated heterocycles. The Morgan fingerprint density at radius 1 is 0.727 bits per heavy atom. The Bertz CT molecular complexity index is 1790. The fraction of sp³-hybridized carbons (Fsp3) is 0.242. The highest BCUT2D eigenvalue weighted by Gasteiger charge is 2.28. The molecule has 0 fully saturated rings. The van der Waals surface area contributed by atoms with E-state index in [2.05, 4.69) is 33.8 Å².